The van der Waals surface area contributed by atoms with Gasteiger partial charge in [0.1, 0.15) is 11.0 Å². The van der Waals surface area contributed by atoms with E-state index in [1.54, 1.807) is 6.07 Å². The number of isothiocyanates is 1. The van der Waals surface area contributed by atoms with Gasteiger partial charge in [-0.25, -0.2) is 0 Å². The molecule has 1 rings (SSSR count). The van der Waals surface area contributed by atoms with Crippen LogP contribution in [0.1, 0.15) is 13.8 Å². The van der Waals surface area contributed by atoms with Crippen molar-refractivity contribution in [1.82, 2.24) is 9.97 Å². The van der Waals surface area contributed by atoms with Gasteiger partial charge in [-0.2, -0.15) is 15.0 Å². The average molecular weight is 243 g/mol. The second-order valence-electron chi connectivity index (χ2n) is 2.72. The van der Waals surface area contributed by atoms with Crippen LogP contribution in [-0.2, 0) is 0 Å². The molecule has 0 bridgehead atoms. The smallest absolute Gasteiger partial charge is 0.261 e. The third-order valence-electron chi connectivity index (χ3n) is 1.90. The monoisotopic (exact) mass is 242 g/mol. The predicted molar refractivity (Wildman–Crippen MR) is 65.3 cm³/mol. The summed E-state index contributed by atoms with van der Waals surface area (Å²) in [7, 11) is 0. The van der Waals surface area contributed by atoms with Crippen LogP contribution < -0.4 is 4.90 Å². The van der Waals surface area contributed by atoms with E-state index in [0.717, 1.165) is 18.9 Å². The van der Waals surface area contributed by atoms with Crippen LogP contribution in [0.5, 0.6) is 0 Å². The van der Waals surface area contributed by atoms with Gasteiger partial charge in [-0.15, -0.1) is 0 Å². The van der Waals surface area contributed by atoms with Gasteiger partial charge < -0.3 is 4.90 Å². The third kappa shape index (κ3) is 3.23. The first-order valence-corrected chi connectivity index (χ1v) is 5.37. The van der Waals surface area contributed by atoms with E-state index in [2.05, 4.69) is 37.2 Å². The quantitative estimate of drug-likeness (QED) is 0.463. The minimum Gasteiger partial charge on any atom is -0.357 e. The number of hydrogen-bond donors (Lipinski definition) is 0. The Kier molecular flexibility index (Phi) is 4.62. The van der Waals surface area contributed by atoms with Gasteiger partial charge in [0.15, 0.2) is 0 Å². The molecule has 0 radical (unpaired) electrons. The molecule has 0 saturated carbocycles. The van der Waals surface area contributed by atoms with Crippen molar-refractivity contribution in [2.75, 3.05) is 18.0 Å². The van der Waals surface area contributed by atoms with Gasteiger partial charge in [0.2, 0.25) is 0 Å². The maximum absolute atomic E-state index is 5.84. The van der Waals surface area contributed by atoms with Crippen LogP contribution in [-0.4, -0.2) is 28.2 Å². The lowest BCUT2D eigenvalue weighted by atomic mass is 10.4. The van der Waals surface area contributed by atoms with E-state index in [1.807, 2.05) is 13.8 Å². The molecular weight excluding hydrogens is 232 g/mol. The summed E-state index contributed by atoms with van der Waals surface area (Å²) in [6.45, 7) is 5.79. The van der Waals surface area contributed by atoms with E-state index < -0.39 is 0 Å². The highest BCUT2D eigenvalue weighted by Gasteiger charge is 2.07. The number of nitrogens with zero attached hydrogens (tertiary/aromatic N) is 4. The molecule has 15 heavy (non-hydrogen) atoms. The summed E-state index contributed by atoms with van der Waals surface area (Å²) in [6.07, 6.45) is 0. The molecule has 0 aliphatic carbocycles. The Morgan fingerprint density at radius 1 is 1.47 bits per heavy atom. The zero-order chi connectivity index (χ0) is 11.3. The van der Waals surface area contributed by atoms with E-state index >= 15 is 0 Å². The van der Waals surface area contributed by atoms with Crippen LogP contribution >= 0.6 is 23.8 Å². The standard InChI is InChI=1S/C9H11ClN4S/c1-3-14(4-2)8-5-7(10)12-9(13-8)11-6-15/h5H,3-4H2,1-2H3. The topological polar surface area (TPSA) is 41.4 Å². The maximum Gasteiger partial charge on any atom is 0.261 e. The van der Waals surface area contributed by atoms with Crippen molar-refractivity contribution in [1.29, 1.82) is 0 Å². The van der Waals surface area contributed by atoms with Crippen molar-refractivity contribution in [3.63, 3.8) is 0 Å². The van der Waals surface area contributed by atoms with Crippen LogP contribution in [0, 0.1) is 0 Å². The fraction of sp³-hybridized carbons (Fsp3) is 0.444. The number of thiocarbonyl (C=S) groups is 1. The first-order valence-electron chi connectivity index (χ1n) is 4.58. The van der Waals surface area contributed by atoms with E-state index in [0.29, 0.717) is 5.15 Å². The van der Waals surface area contributed by atoms with Gasteiger partial charge in [-0.05, 0) is 26.1 Å². The minimum absolute atomic E-state index is 0.249. The SMILES string of the molecule is CCN(CC)c1cc(Cl)nc(N=C=S)n1. The summed E-state index contributed by atoms with van der Waals surface area (Å²) in [5.74, 6) is 1.00. The van der Waals surface area contributed by atoms with Crippen LogP contribution in [0.3, 0.4) is 0 Å². The molecule has 0 fully saturated rings. The summed E-state index contributed by atoms with van der Waals surface area (Å²) in [5.41, 5.74) is 0. The Hall–Kier alpha value is -1.03. The van der Waals surface area contributed by atoms with E-state index in [-0.39, 0.29) is 5.95 Å². The number of anilines is 1. The zero-order valence-electron chi connectivity index (χ0n) is 8.57. The summed E-state index contributed by atoms with van der Waals surface area (Å²) in [5, 5.41) is 2.58. The Labute approximate surface area is 99.0 Å². The Bertz CT molecular complexity index is 386. The Morgan fingerprint density at radius 2 is 2.13 bits per heavy atom. The van der Waals surface area contributed by atoms with E-state index in [4.69, 9.17) is 11.6 Å². The summed E-state index contributed by atoms with van der Waals surface area (Å²) in [6, 6.07) is 1.71. The normalized spacial score (nSPS) is 9.53. The maximum atomic E-state index is 5.84. The first-order chi connectivity index (χ1) is 7.21. The molecule has 0 saturated heterocycles. The lowest BCUT2D eigenvalue weighted by Gasteiger charge is -2.19. The molecule has 0 unspecified atom stereocenters. The molecule has 0 aliphatic heterocycles. The summed E-state index contributed by atoms with van der Waals surface area (Å²) in [4.78, 5) is 13.9. The number of rotatable bonds is 4. The van der Waals surface area contributed by atoms with Crippen molar-refractivity contribution in [3.05, 3.63) is 11.2 Å². The lowest BCUT2D eigenvalue weighted by molar-refractivity contribution is 0.842. The van der Waals surface area contributed by atoms with Crippen LogP contribution in [0.4, 0.5) is 11.8 Å². The molecule has 6 heteroatoms. The molecule has 0 spiro atoms. The van der Waals surface area contributed by atoms with E-state index in [1.165, 1.54) is 0 Å². The third-order valence-corrected chi connectivity index (χ3v) is 2.19. The molecule has 0 N–H and O–H groups in total. The van der Waals surface area contributed by atoms with Crippen molar-refractivity contribution in [2.24, 2.45) is 4.99 Å². The van der Waals surface area contributed by atoms with Gasteiger partial charge in [0.25, 0.3) is 5.95 Å². The fourth-order valence-electron chi connectivity index (χ4n) is 1.19. The highest BCUT2D eigenvalue weighted by molar-refractivity contribution is 7.78. The number of aliphatic imine (C=N–C) groups is 1. The molecule has 80 valence electrons. The van der Waals surface area contributed by atoms with Crippen LogP contribution in [0.25, 0.3) is 0 Å². The first kappa shape index (κ1) is 12.0. The molecule has 0 aliphatic rings. The molecule has 4 nitrogen and oxygen atoms in total. The second-order valence-corrected chi connectivity index (χ2v) is 3.29. The molecule has 0 amide bonds. The Morgan fingerprint density at radius 3 is 2.67 bits per heavy atom. The number of aromatic nitrogens is 2. The molecule has 0 atom stereocenters. The average Bonchev–Trinajstić information content (AvgIpc) is 2.19. The lowest BCUT2D eigenvalue weighted by Crippen LogP contribution is -2.22. The molecule has 1 heterocycles. The van der Waals surface area contributed by atoms with Crippen molar-refractivity contribution < 1.29 is 0 Å². The summed E-state index contributed by atoms with van der Waals surface area (Å²) < 4.78 is 0. The Balaban J connectivity index is 3.12. The van der Waals surface area contributed by atoms with Crippen LogP contribution in [0.15, 0.2) is 11.1 Å². The number of halogens is 1. The minimum atomic E-state index is 0.249. The molecule has 1 aromatic rings. The fourth-order valence-corrected chi connectivity index (χ4v) is 1.45. The van der Waals surface area contributed by atoms with Gasteiger partial charge in [0, 0.05) is 19.2 Å². The largest absolute Gasteiger partial charge is 0.357 e. The highest BCUT2D eigenvalue weighted by atomic mass is 35.5. The van der Waals surface area contributed by atoms with Gasteiger partial charge in [0.05, 0.1) is 5.16 Å². The van der Waals surface area contributed by atoms with Gasteiger partial charge in [-0.3, -0.25) is 0 Å². The molecular formula is C9H11ClN4S. The molecule has 0 aromatic carbocycles. The zero-order valence-corrected chi connectivity index (χ0v) is 10.1. The second kappa shape index (κ2) is 5.75. The highest BCUT2D eigenvalue weighted by Crippen LogP contribution is 2.19. The van der Waals surface area contributed by atoms with E-state index in [9.17, 15) is 0 Å². The predicted octanol–water partition coefficient (Wildman–Crippen LogP) is 2.71. The summed E-state index contributed by atoms with van der Waals surface area (Å²) >= 11 is 10.3. The van der Waals surface area contributed by atoms with Crippen LogP contribution in [0.2, 0.25) is 5.15 Å². The van der Waals surface area contributed by atoms with Crippen molar-refractivity contribution >= 4 is 40.7 Å². The van der Waals surface area contributed by atoms with Gasteiger partial charge >= 0.3 is 0 Å². The van der Waals surface area contributed by atoms with Crippen molar-refractivity contribution in [2.45, 2.75) is 13.8 Å². The van der Waals surface area contributed by atoms with Crippen molar-refractivity contribution in [3.8, 4) is 0 Å². The van der Waals surface area contributed by atoms with Gasteiger partial charge in [-0.1, -0.05) is 11.6 Å². The number of hydrogen-bond acceptors (Lipinski definition) is 5. The molecule has 1 aromatic heterocycles.